The third kappa shape index (κ3) is 1.51. The fraction of sp³-hybridized carbons (Fsp3) is 0. The van der Waals surface area contributed by atoms with Crippen LogP contribution in [-0.2, 0) is 0 Å². The predicted molar refractivity (Wildman–Crippen MR) is 62.6 cm³/mol. The molecule has 1 N–H and O–H groups in total. The molecule has 1 aromatic heterocycles. The minimum Gasteiger partial charge on any atom is -0.267 e. The second-order valence-corrected chi connectivity index (χ2v) is 3.68. The number of nitrogens with one attached hydrogen (secondary N) is 1. The van der Waals surface area contributed by atoms with E-state index in [1.54, 1.807) is 30.3 Å². The highest BCUT2D eigenvalue weighted by Gasteiger charge is 2.35. The minimum absolute atomic E-state index is 0.201. The summed E-state index contributed by atoms with van der Waals surface area (Å²) >= 11 is 0. The average molecular weight is 240 g/mol. The molecular weight excluding hydrogens is 232 g/mol. The number of aromatic nitrogens is 2. The molecule has 0 radical (unpaired) electrons. The molecule has 0 spiro atoms. The van der Waals surface area contributed by atoms with Crippen molar-refractivity contribution in [1.82, 2.24) is 15.0 Å². The van der Waals surface area contributed by atoms with Gasteiger partial charge in [-0.25, -0.2) is 9.97 Å². The zero-order valence-electron chi connectivity index (χ0n) is 9.20. The van der Waals surface area contributed by atoms with E-state index in [0.717, 1.165) is 5.01 Å². The van der Waals surface area contributed by atoms with Crippen LogP contribution in [0.2, 0.25) is 0 Å². The van der Waals surface area contributed by atoms with Crippen molar-refractivity contribution < 1.29 is 9.59 Å². The lowest BCUT2D eigenvalue weighted by Gasteiger charge is -2.14. The van der Waals surface area contributed by atoms with Crippen LogP contribution < -0.4 is 5.43 Å². The van der Waals surface area contributed by atoms with Crippen molar-refractivity contribution in [3.63, 3.8) is 0 Å². The molecule has 6 heteroatoms. The lowest BCUT2D eigenvalue weighted by Crippen LogP contribution is -2.36. The number of amides is 2. The number of carbonyl (C=O) groups excluding carboxylic acids is 2. The minimum atomic E-state index is -0.400. The molecule has 0 atom stereocenters. The third-order valence-electron chi connectivity index (χ3n) is 2.57. The van der Waals surface area contributed by atoms with E-state index in [1.165, 1.54) is 12.4 Å². The maximum atomic E-state index is 12.0. The Bertz CT molecular complexity index is 592. The van der Waals surface area contributed by atoms with Crippen molar-refractivity contribution in [3.8, 4) is 0 Å². The van der Waals surface area contributed by atoms with E-state index in [0.29, 0.717) is 11.1 Å². The standard InChI is InChI=1S/C12H8N4O2/c17-10-8-4-1-2-5-9(8)11(18)16(10)15-12-13-6-3-7-14-12/h1-7H,(H,13,14,15). The van der Waals surface area contributed by atoms with Crippen molar-refractivity contribution in [3.05, 3.63) is 53.9 Å². The van der Waals surface area contributed by atoms with E-state index < -0.39 is 11.8 Å². The molecule has 2 aromatic rings. The monoisotopic (exact) mass is 240 g/mol. The second-order valence-electron chi connectivity index (χ2n) is 3.68. The van der Waals surface area contributed by atoms with Gasteiger partial charge in [-0.05, 0) is 18.2 Å². The number of benzene rings is 1. The van der Waals surface area contributed by atoms with Crippen LogP contribution in [-0.4, -0.2) is 26.8 Å². The number of anilines is 1. The first-order chi connectivity index (χ1) is 8.77. The summed E-state index contributed by atoms with van der Waals surface area (Å²) < 4.78 is 0. The van der Waals surface area contributed by atoms with Gasteiger partial charge in [0.15, 0.2) is 0 Å². The molecule has 0 unspecified atom stereocenters. The van der Waals surface area contributed by atoms with E-state index in [1.807, 2.05) is 0 Å². The van der Waals surface area contributed by atoms with Gasteiger partial charge in [0.1, 0.15) is 0 Å². The van der Waals surface area contributed by atoms with Gasteiger partial charge in [-0.2, -0.15) is 5.01 Å². The molecule has 0 saturated heterocycles. The first-order valence-electron chi connectivity index (χ1n) is 5.29. The van der Waals surface area contributed by atoms with Gasteiger partial charge >= 0.3 is 0 Å². The topological polar surface area (TPSA) is 75.2 Å². The average Bonchev–Trinajstić information content (AvgIpc) is 2.66. The maximum Gasteiger partial charge on any atom is 0.280 e. The first kappa shape index (κ1) is 10.4. The maximum absolute atomic E-state index is 12.0. The molecule has 1 aromatic carbocycles. The molecule has 3 rings (SSSR count). The van der Waals surface area contributed by atoms with Crippen LogP contribution in [0, 0.1) is 0 Å². The number of hydrazine groups is 1. The number of rotatable bonds is 2. The molecule has 1 aliphatic heterocycles. The van der Waals surface area contributed by atoms with Gasteiger partial charge in [0.2, 0.25) is 5.95 Å². The normalized spacial score (nSPS) is 13.7. The summed E-state index contributed by atoms with van der Waals surface area (Å²) in [4.78, 5) is 31.8. The molecule has 0 aliphatic carbocycles. The van der Waals surface area contributed by atoms with E-state index in [9.17, 15) is 9.59 Å². The summed E-state index contributed by atoms with van der Waals surface area (Å²) in [5.74, 6) is -0.599. The summed E-state index contributed by atoms with van der Waals surface area (Å²) in [5.41, 5.74) is 3.36. The Kier molecular flexibility index (Phi) is 2.26. The molecule has 1 aliphatic rings. The first-order valence-corrected chi connectivity index (χ1v) is 5.29. The Morgan fingerprint density at radius 2 is 1.44 bits per heavy atom. The largest absolute Gasteiger partial charge is 0.280 e. The Hall–Kier alpha value is -2.76. The van der Waals surface area contributed by atoms with Crippen molar-refractivity contribution in [2.45, 2.75) is 0 Å². The van der Waals surface area contributed by atoms with Crippen LogP contribution in [0.4, 0.5) is 5.95 Å². The predicted octanol–water partition coefficient (Wildman–Crippen LogP) is 1.10. The Morgan fingerprint density at radius 1 is 0.889 bits per heavy atom. The van der Waals surface area contributed by atoms with Crippen molar-refractivity contribution in [2.24, 2.45) is 0 Å². The zero-order valence-corrected chi connectivity index (χ0v) is 9.20. The van der Waals surface area contributed by atoms with Gasteiger partial charge < -0.3 is 0 Å². The highest BCUT2D eigenvalue weighted by Crippen LogP contribution is 2.22. The van der Waals surface area contributed by atoms with Crippen molar-refractivity contribution in [1.29, 1.82) is 0 Å². The highest BCUT2D eigenvalue weighted by molar-refractivity contribution is 6.21. The Labute approximate surface area is 102 Å². The van der Waals surface area contributed by atoms with Crippen LogP contribution >= 0.6 is 0 Å². The van der Waals surface area contributed by atoms with E-state index in [2.05, 4.69) is 15.4 Å². The van der Waals surface area contributed by atoms with Crippen LogP contribution in [0.5, 0.6) is 0 Å². The van der Waals surface area contributed by atoms with Crippen LogP contribution in [0.25, 0.3) is 0 Å². The fourth-order valence-electron chi connectivity index (χ4n) is 1.75. The number of hydrogen-bond donors (Lipinski definition) is 1. The van der Waals surface area contributed by atoms with Crippen LogP contribution in [0.3, 0.4) is 0 Å². The van der Waals surface area contributed by atoms with Gasteiger partial charge in [-0.1, -0.05) is 12.1 Å². The summed E-state index contributed by atoms with van der Waals surface area (Å²) in [5, 5.41) is 0.917. The van der Waals surface area contributed by atoms with E-state index >= 15 is 0 Å². The van der Waals surface area contributed by atoms with E-state index in [4.69, 9.17) is 0 Å². The number of imide groups is 1. The quantitative estimate of drug-likeness (QED) is 0.795. The molecule has 6 nitrogen and oxygen atoms in total. The van der Waals surface area contributed by atoms with Gasteiger partial charge in [-0.3, -0.25) is 15.0 Å². The number of hydrogen-bond acceptors (Lipinski definition) is 5. The second kappa shape index (κ2) is 3.92. The van der Waals surface area contributed by atoms with Gasteiger partial charge in [0.05, 0.1) is 11.1 Å². The molecule has 0 fully saturated rings. The molecular formula is C12H8N4O2. The Balaban J connectivity index is 1.93. The Morgan fingerprint density at radius 3 is 2.00 bits per heavy atom. The summed E-state index contributed by atoms with van der Waals surface area (Å²) in [7, 11) is 0. The van der Waals surface area contributed by atoms with Crippen LogP contribution in [0.15, 0.2) is 42.7 Å². The summed E-state index contributed by atoms with van der Waals surface area (Å²) in [6, 6.07) is 8.30. The molecule has 2 heterocycles. The van der Waals surface area contributed by atoms with Gasteiger partial charge in [0, 0.05) is 12.4 Å². The van der Waals surface area contributed by atoms with Crippen molar-refractivity contribution in [2.75, 3.05) is 5.43 Å². The SMILES string of the molecule is O=C1c2ccccc2C(=O)N1Nc1ncccn1. The molecule has 18 heavy (non-hydrogen) atoms. The third-order valence-corrected chi connectivity index (χ3v) is 2.57. The highest BCUT2D eigenvalue weighted by atomic mass is 16.2. The molecule has 2 amide bonds. The summed E-state index contributed by atoms with van der Waals surface area (Å²) in [6.07, 6.45) is 3.04. The number of nitrogens with zero attached hydrogens (tertiary/aromatic N) is 3. The molecule has 0 saturated carbocycles. The zero-order chi connectivity index (χ0) is 12.5. The van der Waals surface area contributed by atoms with E-state index in [-0.39, 0.29) is 5.95 Å². The van der Waals surface area contributed by atoms with Crippen LogP contribution in [0.1, 0.15) is 20.7 Å². The molecule has 88 valence electrons. The van der Waals surface area contributed by atoms with Crippen molar-refractivity contribution >= 4 is 17.8 Å². The smallest absolute Gasteiger partial charge is 0.267 e. The lowest BCUT2D eigenvalue weighted by molar-refractivity contribution is 0.0690. The van der Waals surface area contributed by atoms with Gasteiger partial charge in [0.25, 0.3) is 11.8 Å². The fourth-order valence-corrected chi connectivity index (χ4v) is 1.75. The lowest BCUT2D eigenvalue weighted by atomic mass is 10.1. The molecule has 0 bridgehead atoms. The number of fused-ring (bicyclic) bond motifs is 1. The number of carbonyl (C=O) groups is 2. The summed E-state index contributed by atoms with van der Waals surface area (Å²) in [6.45, 7) is 0. The van der Waals surface area contributed by atoms with Gasteiger partial charge in [-0.15, -0.1) is 0 Å².